The zero-order valence-corrected chi connectivity index (χ0v) is 11.0. The van der Waals surface area contributed by atoms with Crippen LogP contribution in [0.15, 0.2) is 0 Å². The van der Waals surface area contributed by atoms with Gasteiger partial charge in [-0.1, -0.05) is 0 Å². The Morgan fingerprint density at radius 3 is 2.37 bits per heavy atom. The van der Waals surface area contributed by atoms with Gasteiger partial charge in [0.1, 0.15) is 18.3 Å². The number of ether oxygens (including phenoxy) is 1. The molecular formula is C12H23NO6. The molecule has 0 spiro atoms. The molecule has 0 radical (unpaired) electrons. The Bertz CT molecular complexity index is 287. The van der Waals surface area contributed by atoms with Crippen molar-refractivity contribution in [2.24, 2.45) is 0 Å². The summed E-state index contributed by atoms with van der Waals surface area (Å²) in [7, 11) is 0. The predicted octanol–water partition coefficient (Wildman–Crippen LogP) is -1.86. The highest BCUT2D eigenvalue weighted by molar-refractivity contribution is 5.73. The largest absolute Gasteiger partial charge is 0.396 e. The van der Waals surface area contributed by atoms with Gasteiger partial charge in [0.25, 0.3) is 0 Å². The summed E-state index contributed by atoms with van der Waals surface area (Å²) in [5.74, 6) is -0.325. The van der Waals surface area contributed by atoms with Crippen LogP contribution in [0.4, 0.5) is 0 Å². The Balaban J connectivity index is 2.71. The van der Waals surface area contributed by atoms with Gasteiger partial charge < -0.3 is 30.5 Å². The summed E-state index contributed by atoms with van der Waals surface area (Å²) in [6, 6.07) is -0.714. The number of unbranched alkanes of at least 4 members (excludes halogenated alkanes) is 1. The van der Waals surface area contributed by atoms with Gasteiger partial charge in [0, 0.05) is 13.5 Å². The fourth-order valence-corrected chi connectivity index (χ4v) is 2.31. The number of hydrogen-bond donors (Lipinski definition) is 5. The lowest BCUT2D eigenvalue weighted by Crippen LogP contribution is -2.63. The number of hydrogen-bond acceptors (Lipinski definition) is 6. The van der Waals surface area contributed by atoms with E-state index in [0.29, 0.717) is 19.3 Å². The molecular weight excluding hydrogens is 254 g/mol. The van der Waals surface area contributed by atoms with Crippen LogP contribution < -0.4 is 5.32 Å². The monoisotopic (exact) mass is 277 g/mol. The molecule has 1 fully saturated rings. The second kappa shape index (κ2) is 7.76. The molecule has 5 N–H and O–H groups in total. The van der Waals surface area contributed by atoms with E-state index in [4.69, 9.17) is 14.9 Å². The molecule has 112 valence electrons. The van der Waals surface area contributed by atoms with Crippen molar-refractivity contribution < 1.29 is 30.0 Å². The molecule has 1 aliphatic rings. The number of aliphatic hydroxyl groups excluding tert-OH is 4. The first-order chi connectivity index (χ1) is 9.01. The van der Waals surface area contributed by atoms with E-state index in [2.05, 4.69) is 5.32 Å². The average molecular weight is 277 g/mol. The third-order valence-electron chi connectivity index (χ3n) is 3.30. The Hall–Kier alpha value is -0.730. The van der Waals surface area contributed by atoms with E-state index in [1.807, 2.05) is 0 Å². The number of amides is 1. The lowest BCUT2D eigenvalue weighted by atomic mass is 9.90. The van der Waals surface area contributed by atoms with E-state index in [9.17, 15) is 15.0 Å². The molecule has 5 atom stereocenters. The van der Waals surface area contributed by atoms with Crippen molar-refractivity contribution >= 4 is 5.91 Å². The molecule has 1 heterocycles. The minimum absolute atomic E-state index is 0.0616. The third-order valence-corrected chi connectivity index (χ3v) is 3.30. The molecule has 7 heteroatoms. The topological polar surface area (TPSA) is 119 Å². The van der Waals surface area contributed by atoms with Crippen LogP contribution in [-0.2, 0) is 9.53 Å². The molecule has 0 aromatic heterocycles. The van der Waals surface area contributed by atoms with Crippen molar-refractivity contribution in [3.63, 3.8) is 0 Å². The molecule has 1 amide bonds. The van der Waals surface area contributed by atoms with Crippen LogP contribution >= 0.6 is 0 Å². The fourth-order valence-electron chi connectivity index (χ4n) is 2.31. The Morgan fingerprint density at radius 2 is 1.84 bits per heavy atom. The van der Waals surface area contributed by atoms with Crippen LogP contribution in [0.1, 0.15) is 26.2 Å². The maximum Gasteiger partial charge on any atom is 0.217 e. The van der Waals surface area contributed by atoms with Crippen LogP contribution in [0, 0.1) is 0 Å². The van der Waals surface area contributed by atoms with Gasteiger partial charge in [-0.15, -0.1) is 0 Å². The number of carbonyl (C=O) groups is 1. The van der Waals surface area contributed by atoms with Crippen LogP contribution in [0.2, 0.25) is 0 Å². The van der Waals surface area contributed by atoms with E-state index >= 15 is 0 Å². The third kappa shape index (κ3) is 4.39. The predicted molar refractivity (Wildman–Crippen MR) is 66.3 cm³/mol. The Labute approximate surface area is 112 Å². The highest BCUT2D eigenvalue weighted by Crippen LogP contribution is 2.24. The minimum atomic E-state index is -1.24. The molecule has 0 bridgehead atoms. The van der Waals surface area contributed by atoms with Crippen LogP contribution in [0.5, 0.6) is 0 Å². The van der Waals surface area contributed by atoms with Gasteiger partial charge >= 0.3 is 0 Å². The maximum absolute atomic E-state index is 11.1. The van der Waals surface area contributed by atoms with Gasteiger partial charge in [-0.2, -0.15) is 0 Å². The van der Waals surface area contributed by atoms with Gasteiger partial charge in [-0.05, 0) is 19.3 Å². The van der Waals surface area contributed by atoms with Crippen molar-refractivity contribution in [3.05, 3.63) is 0 Å². The summed E-state index contributed by atoms with van der Waals surface area (Å²) in [6.45, 7) is 0.982. The molecule has 0 aromatic carbocycles. The number of rotatable bonds is 6. The number of carbonyl (C=O) groups excluding carboxylic acids is 1. The van der Waals surface area contributed by atoms with Crippen LogP contribution in [-0.4, -0.2) is 70.0 Å². The van der Waals surface area contributed by atoms with E-state index in [1.165, 1.54) is 6.92 Å². The lowest BCUT2D eigenvalue weighted by molar-refractivity contribution is -0.196. The van der Waals surface area contributed by atoms with Gasteiger partial charge in [0.2, 0.25) is 5.91 Å². The number of nitrogens with one attached hydrogen (secondary N) is 1. The molecule has 3 unspecified atom stereocenters. The standard InChI is InChI=1S/C12H23NO6/c1-7(16)13-10-8(4-2-3-5-14)19-9(6-15)11(17)12(10)18/h8-12,14-15,17-18H,2-6H2,1H3,(H,13,16)/t8-,9?,10?,11+,12?/m0/s1. The first-order valence-corrected chi connectivity index (χ1v) is 6.51. The minimum Gasteiger partial charge on any atom is -0.396 e. The van der Waals surface area contributed by atoms with Crippen LogP contribution in [0.3, 0.4) is 0 Å². The summed E-state index contributed by atoms with van der Waals surface area (Å²) in [6.07, 6.45) is -2.01. The van der Waals surface area contributed by atoms with Gasteiger partial charge in [-0.25, -0.2) is 0 Å². The smallest absolute Gasteiger partial charge is 0.217 e. The van der Waals surface area contributed by atoms with Crippen LogP contribution in [0.25, 0.3) is 0 Å². The van der Waals surface area contributed by atoms with Crippen molar-refractivity contribution in [1.82, 2.24) is 5.32 Å². The molecule has 0 aromatic rings. The zero-order chi connectivity index (χ0) is 14.4. The molecule has 19 heavy (non-hydrogen) atoms. The first kappa shape index (κ1) is 16.3. The lowest BCUT2D eigenvalue weighted by Gasteiger charge is -2.42. The fraction of sp³-hybridized carbons (Fsp3) is 0.917. The molecule has 1 rings (SSSR count). The highest BCUT2D eigenvalue weighted by atomic mass is 16.5. The quantitative estimate of drug-likeness (QED) is 0.363. The second-order valence-corrected chi connectivity index (χ2v) is 4.82. The van der Waals surface area contributed by atoms with Gasteiger partial charge in [0.15, 0.2) is 0 Å². The molecule has 0 saturated carbocycles. The summed E-state index contributed by atoms with van der Waals surface area (Å²) in [4.78, 5) is 11.1. The van der Waals surface area contributed by atoms with Crippen molar-refractivity contribution in [2.45, 2.75) is 56.6 Å². The number of aliphatic hydroxyl groups is 4. The normalized spacial score (nSPS) is 35.1. The zero-order valence-electron chi connectivity index (χ0n) is 11.0. The summed E-state index contributed by atoms with van der Waals surface area (Å²) < 4.78 is 5.52. The second-order valence-electron chi connectivity index (χ2n) is 4.82. The Kier molecular flexibility index (Phi) is 6.67. The SMILES string of the molecule is CC(=O)NC1C(O)[C@H](O)C(CO)O[C@H]1CCCCO. The van der Waals surface area contributed by atoms with E-state index < -0.39 is 37.1 Å². The summed E-state index contributed by atoms with van der Waals surface area (Å²) in [5, 5.41) is 40.2. The molecule has 1 saturated heterocycles. The van der Waals surface area contributed by atoms with E-state index in [0.717, 1.165) is 0 Å². The van der Waals surface area contributed by atoms with Gasteiger partial charge in [0.05, 0.1) is 18.8 Å². The highest BCUT2D eigenvalue weighted by Gasteiger charge is 2.44. The van der Waals surface area contributed by atoms with Crippen molar-refractivity contribution in [1.29, 1.82) is 0 Å². The summed E-state index contributed by atoms with van der Waals surface area (Å²) in [5.41, 5.74) is 0. The maximum atomic E-state index is 11.1. The van der Waals surface area contributed by atoms with Crippen molar-refractivity contribution in [2.75, 3.05) is 13.2 Å². The molecule has 1 aliphatic heterocycles. The van der Waals surface area contributed by atoms with E-state index in [-0.39, 0.29) is 12.5 Å². The average Bonchev–Trinajstić information content (AvgIpc) is 2.37. The Morgan fingerprint density at radius 1 is 1.16 bits per heavy atom. The molecule has 0 aliphatic carbocycles. The summed E-state index contributed by atoms with van der Waals surface area (Å²) >= 11 is 0. The van der Waals surface area contributed by atoms with Crippen molar-refractivity contribution in [3.8, 4) is 0 Å². The van der Waals surface area contributed by atoms with Gasteiger partial charge in [-0.3, -0.25) is 4.79 Å². The molecule has 7 nitrogen and oxygen atoms in total. The van der Waals surface area contributed by atoms with E-state index in [1.54, 1.807) is 0 Å². The first-order valence-electron chi connectivity index (χ1n) is 6.51.